The zero-order valence-electron chi connectivity index (χ0n) is 12.2. The van der Waals surface area contributed by atoms with Gasteiger partial charge in [0.1, 0.15) is 5.16 Å². The van der Waals surface area contributed by atoms with Crippen molar-refractivity contribution in [2.45, 2.75) is 50.4 Å². The third kappa shape index (κ3) is 2.14. The second kappa shape index (κ2) is 5.28. The van der Waals surface area contributed by atoms with Crippen molar-refractivity contribution in [3.8, 4) is 0 Å². The lowest BCUT2D eigenvalue weighted by molar-refractivity contribution is -0.0524. The lowest BCUT2D eigenvalue weighted by atomic mass is 9.54. The summed E-state index contributed by atoms with van der Waals surface area (Å²) in [7, 11) is 0. The van der Waals surface area contributed by atoms with Gasteiger partial charge in [-0.15, -0.1) is 11.8 Å². The maximum absolute atomic E-state index is 6.63. The minimum Gasteiger partial charge on any atom is -0.343 e. The Bertz CT molecular complexity index is 416. The summed E-state index contributed by atoms with van der Waals surface area (Å²) in [5.74, 6) is 5.03. The molecule has 0 amide bonds. The van der Waals surface area contributed by atoms with Crippen LogP contribution in [0.3, 0.4) is 0 Å². The summed E-state index contributed by atoms with van der Waals surface area (Å²) in [6.07, 6.45) is 14.0. The van der Waals surface area contributed by atoms with Crippen molar-refractivity contribution < 1.29 is 0 Å². The average molecular weight is 310 g/mol. The van der Waals surface area contributed by atoms with Crippen molar-refractivity contribution in [3.63, 3.8) is 0 Å². The molecule has 4 fully saturated rings. The summed E-state index contributed by atoms with van der Waals surface area (Å²) in [4.78, 5) is 2.57. The number of nitrogens with zero attached hydrogens (tertiary/aromatic N) is 1. The predicted molar refractivity (Wildman–Crippen MR) is 87.7 cm³/mol. The first-order chi connectivity index (χ1) is 9.76. The van der Waals surface area contributed by atoms with Crippen LogP contribution in [-0.2, 0) is 0 Å². The molecule has 4 bridgehead atoms. The summed E-state index contributed by atoms with van der Waals surface area (Å²) in [5, 5.41) is 1.44. The second-order valence-corrected chi connectivity index (χ2v) is 8.83. The minimum absolute atomic E-state index is 0.458. The van der Waals surface area contributed by atoms with Crippen LogP contribution < -0.4 is 0 Å². The minimum atomic E-state index is 0.458. The van der Waals surface area contributed by atoms with Gasteiger partial charge in [-0.25, -0.2) is 0 Å². The monoisotopic (exact) mass is 309 g/mol. The third-order valence-corrected chi connectivity index (χ3v) is 7.25. The lowest BCUT2D eigenvalue weighted by Gasteiger charge is -2.58. The highest BCUT2D eigenvalue weighted by atomic mass is 35.5. The molecule has 1 heterocycles. The van der Waals surface area contributed by atoms with Crippen LogP contribution in [0.1, 0.15) is 39.0 Å². The van der Waals surface area contributed by atoms with E-state index in [4.69, 9.17) is 11.6 Å². The van der Waals surface area contributed by atoms with E-state index in [0.29, 0.717) is 11.4 Å². The Morgan fingerprint density at radius 2 is 1.80 bits per heavy atom. The molecular weight excluding hydrogens is 286 g/mol. The van der Waals surface area contributed by atoms with Crippen LogP contribution in [0.15, 0.2) is 23.4 Å². The Labute approximate surface area is 131 Å². The number of halogens is 1. The van der Waals surface area contributed by atoms with Crippen LogP contribution in [0.2, 0.25) is 0 Å². The molecule has 0 spiro atoms. The van der Waals surface area contributed by atoms with Crippen LogP contribution in [-0.4, -0.2) is 22.1 Å². The van der Waals surface area contributed by atoms with E-state index < -0.39 is 0 Å². The van der Waals surface area contributed by atoms with E-state index in [1.165, 1.54) is 32.1 Å². The fourth-order valence-corrected chi connectivity index (χ4v) is 6.81. The van der Waals surface area contributed by atoms with Crippen molar-refractivity contribution in [1.82, 2.24) is 4.90 Å². The summed E-state index contributed by atoms with van der Waals surface area (Å²) in [6.45, 7) is 2.25. The molecule has 0 N–H and O–H groups in total. The lowest BCUT2D eigenvalue weighted by Crippen LogP contribution is -2.57. The molecule has 0 aromatic carbocycles. The van der Waals surface area contributed by atoms with Crippen LogP contribution in [0.5, 0.6) is 0 Å². The van der Waals surface area contributed by atoms with E-state index in [1.54, 1.807) is 0 Å². The number of allylic oxidation sites excluding steroid dienone is 2. The van der Waals surface area contributed by atoms with E-state index in [-0.39, 0.29) is 0 Å². The van der Waals surface area contributed by atoms with Crippen LogP contribution in [0.4, 0.5) is 0 Å². The first-order valence-corrected chi connectivity index (χ1v) is 9.63. The van der Waals surface area contributed by atoms with Gasteiger partial charge in [0.05, 0.1) is 5.37 Å². The van der Waals surface area contributed by atoms with Gasteiger partial charge >= 0.3 is 0 Å². The Morgan fingerprint density at radius 1 is 1.15 bits per heavy atom. The van der Waals surface area contributed by atoms with Gasteiger partial charge in [0, 0.05) is 6.04 Å². The molecule has 4 saturated carbocycles. The van der Waals surface area contributed by atoms with Gasteiger partial charge in [-0.2, -0.15) is 0 Å². The average Bonchev–Trinajstić information content (AvgIpc) is 2.40. The molecule has 4 aliphatic carbocycles. The van der Waals surface area contributed by atoms with E-state index in [2.05, 4.69) is 30.1 Å². The van der Waals surface area contributed by atoms with E-state index in [9.17, 15) is 0 Å². The maximum atomic E-state index is 6.63. The molecule has 0 radical (unpaired) electrons. The standard InChI is InChI=1S/C17H24ClNS/c1-2-20-16-5-3-4-15(18)19(16)17-13-7-11-6-12(9-13)10-14(17)8-11/h3-5,11-14,16-17H,2,6-10H2,1H3. The number of thioether (sulfide) groups is 1. The van der Waals surface area contributed by atoms with E-state index in [0.717, 1.165) is 34.6 Å². The first-order valence-electron chi connectivity index (χ1n) is 8.20. The Morgan fingerprint density at radius 3 is 2.40 bits per heavy atom. The Balaban J connectivity index is 1.62. The fourth-order valence-electron chi connectivity index (χ4n) is 5.50. The van der Waals surface area contributed by atoms with Crippen LogP contribution >= 0.6 is 23.4 Å². The van der Waals surface area contributed by atoms with Gasteiger partial charge < -0.3 is 4.90 Å². The highest BCUT2D eigenvalue weighted by Crippen LogP contribution is 2.56. The smallest absolute Gasteiger partial charge is 0.106 e. The molecule has 5 aliphatic rings. The van der Waals surface area contributed by atoms with Crippen molar-refractivity contribution in [1.29, 1.82) is 0 Å². The van der Waals surface area contributed by atoms with E-state index in [1.807, 2.05) is 11.8 Å². The first kappa shape index (κ1) is 13.6. The molecule has 110 valence electrons. The van der Waals surface area contributed by atoms with Gasteiger partial charge in [0.2, 0.25) is 0 Å². The van der Waals surface area contributed by atoms with Crippen LogP contribution in [0.25, 0.3) is 0 Å². The summed E-state index contributed by atoms with van der Waals surface area (Å²) < 4.78 is 0. The topological polar surface area (TPSA) is 3.24 Å². The highest BCUT2D eigenvalue weighted by molar-refractivity contribution is 7.99. The van der Waals surface area contributed by atoms with Crippen molar-refractivity contribution in [2.75, 3.05) is 5.75 Å². The van der Waals surface area contributed by atoms with Crippen molar-refractivity contribution >= 4 is 23.4 Å². The molecule has 0 aromatic heterocycles. The zero-order valence-corrected chi connectivity index (χ0v) is 13.7. The largest absolute Gasteiger partial charge is 0.343 e. The van der Waals surface area contributed by atoms with Crippen LogP contribution in [0, 0.1) is 23.7 Å². The normalized spacial score (nSPS) is 45.9. The molecule has 1 atom stereocenters. The molecule has 0 saturated heterocycles. The van der Waals surface area contributed by atoms with Gasteiger partial charge in [-0.1, -0.05) is 30.7 Å². The molecule has 0 aromatic rings. The highest BCUT2D eigenvalue weighted by Gasteiger charge is 2.51. The molecule has 1 nitrogen and oxygen atoms in total. The van der Waals surface area contributed by atoms with Crippen molar-refractivity contribution in [3.05, 3.63) is 23.4 Å². The molecule has 1 aliphatic heterocycles. The number of rotatable bonds is 3. The molecule has 1 unspecified atom stereocenters. The predicted octanol–water partition coefficient (Wildman–Crippen LogP) is 4.84. The third-order valence-electron chi connectivity index (χ3n) is 5.87. The molecule has 20 heavy (non-hydrogen) atoms. The SMILES string of the molecule is CCSC1C=CC=C(Cl)N1C1C2CC3CC(C2)CC1C3. The fraction of sp³-hybridized carbons (Fsp3) is 0.765. The Hall–Kier alpha value is -0.0800. The summed E-state index contributed by atoms with van der Waals surface area (Å²) in [5.41, 5.74) is 0. The number of hydrogen-bond donors (Lipinski definition) is 0. The van der Waals surface area contributed by atoms with Crippen molar-refractivity contribution in [2.24, 2.45) is 23.7 Å². The van der Waals surface area contributed by atoms with Gasteiger partial charge in [0.15, 0.2) is 0 Å². The molecular formula is C17H24ClNS. The van der Waals surface area contributed by atoms with E-state index >= 15 is 0 Å². The quantitative estimate of drug-likeness (QED) is 0.686. The summed E-state index contributed by atoms with van der Waals surface area (Å²) >= 11 is 8.65. The van der Waals surface area contributed by atoms with Gasteiger partial charge in [-0.05, 0) is 67.6 Å². The maximum Gasteiger partial charge on any atom is 0.106 e. The Kier molecular flexibility index (Phi) is 3.58. The summed E-state index contributed by atoms with van der Waals surface area (Å²) in [6, 6.07) is 0.709. The number of hydrogen-bond acceptors (Lipinski definition) is 2. The molecule has 3 heteroatoms. The van der Waals surface area contributed by atoms with Gasteiger partial charge in [0.25, 0.3) is 0 Å². The zero-order chi connectivity index (χ0) is 13.7. The van der Waals surface area contributed by atoms with Gasteiger partial charge in [-0.3, -0.25) is 0 Å². The second-order valence-electron chi connectivity index (χ2n) is 7.05. The molecule has 5 rings (SSSR count).